The highest BCUT2D eigenvalue weighted by molar-refractivity contribution is 5.77. The lowest BCUT2D eigenvalue weighted by Crippen LogP contribution is -2.47. The van der Waals surface area contributed by atoms with Crippen LogP contribution in [0.2, 0.25) is 0 Å². The molecule has 0 aliphatic heterocycles. The number of nitrogens with one attached hydrogen (secondary N) is 1. The van der Waals surface area contributed by atoms with Crippen LogP contribution in [-0.2, 0) is 16.6 Å². The number of pyridine rings is 1. The molecule has 3 N–H and O–H groups in total. The monoisotopic (exact) mass is 419 g/mol. The molecule has 1 amide bonds. The van der Waals surface area contributed by atoms with Crippen molar-refractivity contribution in [1.29, 1.82) is 0 Å². The van der Waals surface area contributed by atoms with Gasteiger partial charge in [-0.05, 0) is 48.9 Å². The number of aryl methyl sites for hydroxylation is 1. The highest BCUT2D eigenvalue weighted by Crippen LogP contribution is 2.47. The first kappa shape index (κ1) is 20.9. The first-order chi connectivity index (χ1) is 14.9. The Morgan fingerprint density at radius 2 is 2.06 bits per heavy atom. The normalized spacial score (nSPS) is 20.2. The summed E-state index contributed by atoms with van der Waals surface area (Å²) in [5, 5.41) is 3.30. The molecular formula is C24H26FN5O. The van der Waals surface area contributed by atoms with Crippen molar-refractivity contribution in [2.24, 2.45) is 11.7 Å². The summed E-state index contributed by atoms with van der Waals surface area (Å²) in [6.07, 6.45) is 5.35. The number of benzene rings is 1. The second-order valence-corrected chi connectivity index (χ2v) is 8.52. The van der Waals surface area contributed by atoms with Crippen LogP contribution in [0.15, 0.2) is 48.8 Å². The first-order valence-corrected chi connectivity index (χ1v) is 10.4. The molecule has 1 aliphatic carbocycles. The Labute approximate surface area is 181 Å². The smallest absolute Gasteiger partial charge is 0.222 e. The van der Waals surface area contributed by atoms with E-state index in [4.69, 9.17) is 5.73 Å². The van der Waals surface area contributed by atoms with Gasteiger partial charge in [-0.1, -0.05) is 31.2 Å². The number of anilines is 1. The molecule has 0 unspecified atom stereocenters. The predicted octanol–water partition coefficient (Wildman–Crippen LogP) is 3.79. The molecule has 0 radical (unpaired) electrons. The van der Waals surface area contributed by atoms with Gasteiger partial charge in [-0.3, -0.25) is 9.78 Å². The van der Waals surface area contributed by atoms with E-state index in [2.05, 4.69) is 27.2 Å². The lowest BCUT2D eigenvalue weighted by Gasteiger charge is -2.46. The van der Waals surface area contributed by atoms with Gasteiger partial charge < -0.3 is 11.1 Å². The number of primary amides is 1. The summed E-state index contributed by atoms with van der Waals surface area (Å²) in [4.78, 5) is 24.6. The molecule has 1 aromatic carbocycles. The quantitative estimate of drug-likeness (QED) is 0.608. The van der Waals surface area contributed by atoms with E-state index in [0.29, 0.717) is 24.1 Å². The largest absolute Gasteiger partial charge is 0.369 e. The van der Waals surface area contributed by atoms with E-state index in [1.54, 1.807) is 18.5 Å². The second kappa shape index (κ2) is 8.41. The van der Waals surface area contributed by atoms with Crippen molar-refractivity contribution in [2.45, 2.75) is 38.5 Å². The molecule has 2 heterocycles. The zero-order valence-corrected chi connectivity index (χ0v) is 17.7. The fourth-order valence-electron chi connectivity index (χ4n) is 4.61. The van der Waals surface area contributed by atoms with Crippen LogP contribution in [0.4, 0.5) is 10.3 Å². The molecule has 160 valence electrons. The molecule has 4 rings (SSSR count). The SMILES string of the molecule is Cc1nc(NC[C@]2(c3ncccc3F)C[C@H](C)C2)ncc1-c1cccc(CC(N)=O)c1. The van der Waals surface area contributed by atoms with Gasteiger partial charge in [0.15, 0.2) is 0 Å². The Morgan fingerprint density at radius 3 is 2.74 bits per heavy atom. The molecule has 1 saturated carbocycles. The number of rotatable bonds is 7. The number of carbonyl (C=O) groups is 1. The summed E-state index contributed by atoms with van der Waals surface area (Å²) < 4.78 is 14.4. The van der Waals surface area contributed by atoms with Gasteiger partial charge in [0.1, 0.15) is 5.82 Å². The molecule has 7 heteroatoms. The molecule has 3 aromatic rings. The van der Waals surface area contributed by atoms with Crippen molar-refractivity contribution in [3.63, 3.8) is 0 Å². The molecule has 0 spiro atoms. The number of halogens is 1. The maximum Gasteiger partial charge on any atom is 0.222 e. The summed E-state index contributed by atoms with van der Waals surface area (Å²) in [6, 6.07) is 10.7. The van der Waals surface area contributed by atoms with E-state index in [-0.39, 0.29) is 23.6 Å². The third-order valence-electron chi connectivity index (χ3n) is 5.92. The number of hydrogen-bond acceptors (Lipinski definition) is 5. The van der Waals surface area contributed by atoms with Crippen LogP contribution in [0.25, 0.3) is 11.1 Å². The molecule has 0 saturated heterocycles. The minimum atomic E-state index is -0.367. The lowest BCUT2D eigenvalue weighted by atomic mass is 9.60. The van der Waals surface area contributed by atoms with Crippen molar-refractivity contribution in [1.82, 2.24) is 15.0 Å². The van der Waals surface area contributed by atoms with Crippen LogP contribution >= 0.6 is 0 Å². The van der Waals surface area contributed by atoms with Gasteiger partial charge in [0, 0.05) is 29.9 Å². The van der Waals surface area contributed by atoms with Gasteiger partial charge in [-0.2, -0.15) is 0 Å². The van der Waals surface area contributed by atoms with Crippen molar-refractivity contribution >= 4 is 11.9 Å². The van der Waals surface area contributed by atoms with E-state index >= 15 is 0 Å². The number of nitrogens with zero attached hydrogens (tertiary/aromatic N) is 3. The van der Waals surface area contributed by atoms with Gasteiger partial charge in [-0.25, -0.2) is 14.4 Å². The summed E-state index contributed by atoms with van der Waals surface area (Å²) in [5.74, 6) is 0.401. The predicted molar refractivity (Wildman–Crippen MR) is 118 cm³/mol. The molecule has 31 heavy (non-hydrogen) atoms. The Hall–Kier alpha value is -3.35. The molecule has 1 aliphatic rings. The van der Waals surface area contributed by atoms with Crippen LogP contribution in [0.5, 0.6) is 0 Å². The minimum absolute atomic E-state index is 0.192. The number of aromatic nitrogens is 3. The highest BCUT2D eigenvalue weighted by atomic mass is 19.1. The van der Waals surface area contributed by atoms with Crippen molar-refractivity contribution in [3.8, 4) is 11.1 Å². The summed E-state index contributed by atoms with van der Waals surface area (Å²) in [7, 11) is 0. The molecule has 6 nitrogen and oxygen atoms in total. The number of carbonyl (C=O) groups excluding carboxylic acids is 1. The van der Waals surface area contributed by atoms with Gasteiger partial charge >= 0.3 is 0 Å². The van der Waals surface area contributed by atoms with E-state index in [9.17, 15) is 9.18 Å². The Kier molecular flexibility index (Phi) is 5.67. The standard InChI is InChI=1S/C24H26FN5O/c1-15-11-24(12-15,22-20(25)7-4-8-27-22)14-29-23-28-13-19(16(2)30-23)18-6-3-5-17(9-18)10-21(26)31/h3-9,13,15H,10-12,14H2,1-2H3,(H2,26,31)(H,28,29,30)/t15-,24-. The van der Waals surface area contributed by atoms with E-state index in [1.807, 2.05) is 31.2 Å². The Balaban J connectivity index is 1.52. The summed E-state index contributed by atoms with van der Waals surface area (Å²) in [6.45, 7) is 4.61. The van der Waals surface area contributed by atoms with Crippen molar-refractivity contribution < 1.29 is 9.18 Å². The van der Waals surface area contributed by atoms with Crippen LogP contribution in [0, 0.1) is 18.7 Å². The van der Waals surface area contributed by atoms with E-state index in [1.165, 1.54) is 6.07 Å². The number of nitrogens with two attached hydrogens (primary N) is 1. The number of hydrogen-bond donors (Lipinski definition) is 2. The zero-order valence-electron chi connectivity index (χ0n) is 17.7. The fourth-order valence-corrected chi connectivity index (χ4v) is 4.61. The summed E-state index contributed by atoms with van der Waals surface area (Å²) in [5.41, 5.74) is 8.97. The van der Waals surface area contributed by atoms with Crippen molar-refractivity contribution in [3.05, 3.63) is 71.6 Å². The highest BCUT2D eigenvalue weighted by Gasteiger charge is 2.46. The van der Waals surface area contributed by atoms with E-state index < -0.39 is 0 Å². The second-order valence-electron chi connectivity index (χ2n) is 8.52. The van der Waals surface area contributed by atoms with E-state index in [0.717, 1.165) is 35.2 Å². The molecule has 1 fully saturated rings. The average Bonchev–Trinajstić information content (AvgIpc) is 2.70. The van der Waals surface area contributed by atoms with Crippen molar-refractivity contribution in [2.75, 3.05) is 11.9 Å². The fraction of sp³-hybridized carbons (Fsp3) is 0.333. The van der Waals surface area contributed by atoms with Gasteiger partial charge in [0.05, 0.1) is 17.8 Å². The third kappa shape index (κ3) is 4.40. The van der Waals surface area contributed by atoms with Crippen LogP contribution in [0.3, 0.4) is 0 Å². The number of amides is 1. The topological polar surface area (TPSA) is 93.8 Å². The average molecular weight is 420 g/mol. The maximum atomic E-state index is 14.4. The first-order valence-electron chi connectivity index (χ1n) is 10.4. The van der Waals surface area contributed by atoms with Gasteiger partial charge in [0.2, 0.25) is 11.9 Å². The van der Waals surface area contributed by atoms with Crippen LogP contribution in [0.1, 0.15) is 36.7 Å². The van der Waals surface area contributed by atoms with Gasteiger partial charge in [0.25, 0.3) is 0 Å². The lowest BCUT2D eigenvalue weighted by molar-refractivity contribution is -0.117. The molecule has 0 atom stereocenters. The minimum Gasteiger partial charge on any atom is -0.369 e. The molecule has 0 bridgehead atoms. The molecule has 2 aromatic heterocycles. The Morgan fingerprint density at radius 1 is 1.26 bits per heavy atom. The third-order valence-corrected chi connectivity index (χ3v) is 5.92. The zero-order chi connectivity index (χ0) is 22.0. The van der Waals surface area contributed by atoms with Gasteiger partial charge in [-0.15, -0.1) is 0 Å². The molecular weight excluding hydrogens is 393 g/mol. The van der Waals surface area contributed by atoms with Crippen LogP contribution in [-0.4, -0.2) is 27.4 Å². The summed E-state index contributed by atoms with van der Waals surface area (Å²) >= 11 is 0. The van der Waals surface area contributed by atoms with Crippen LogP contribution < -0.4 is 11.1 Å². The Bertz CT molecular complexity index is 1110. The maximum absolute atomic E-state index is 14.4.